The number of nitrogens with one attached hydrogen (secondary N) is 1. The van der Waals surface area contributed by atoms with E-state index in [0.29, 0.717) is 22.9 Å². The molecule has 1 aromatic heterocycles. The molecular weight excluding hydrogens is 280 g/mol. The number of phenols is 1. The summed E-state index contributed by atoms with van der Waals surface area (Å²) in [7, 11) is 3.40. The van der Waals surface area contributed by atoms with Gasteiger partial charge in [-0.25, -0.2) is 0 Å². The Labute approximate surface area is 122 Å². The van der Waals surface area contributed by atoms with Crippen LogP contribution in [0.2, 0.25) is 5.02 Å². The maximum absolute atomic E-state index is 9.99. The highest BCUT2D eigenvalue weighted by atomic mass is 35.5. The summed E-state index contributed by atoms with van der Waals surface area (Å²) in [5.74, 6) is 1.40. The molecule has 0 atom stereocenters. The highest BCUT2D eigenvalue weighted by Gasteiger charge is 2.09. The number of halogens is 1. The first-order valence-electron chi connectivity index (χ1n) is 6.20. The molecule has 0 spiro atoms. The lowest BCUT2D eigenvalue weighted by atomic mass is 10.2. The molecule has 2 N–H and O–H groups in total. The third kappa shape index (κ3) is 3.40. The van der Waals surface area contributed by atoms with Crippen molar-refractivity contribution in [3.05, 3.63) is 34.9 Å². The molecule has 0 aliphatic heterocycles. The first-order valence-corrected chi connectivity index (χ1v) is 6.58. The van der Waals surface area contributed by atoms with E-state index >= 15 is 0 Å². The van der Waals surface area contributed by atoms with Gasteiger partial charge in [0.15, 0.2) is 11.5 Å². The van der Waals surface area contributed by atoms with Crippen molar-refractivity contribution in [1.29, 1.82) is 0 Å². The second-order valence-corrected chi connectivity index (χ2v) is 4.84. The van der Waals surface area contributed by atoms with Crippen molar-refractivity contribution in [3.8, 4) is 11.5 Å². The first-order chi connectivity index (χ1) is 9.61. The van der Waals surface area contributed by atoms with E-state index in [1.807, 2.05) is 11.6 Å². The van der Waals surface area contributed by atoms with Gasteiger partial charge in [-0.3, -0.25) is 0 Å². The summed E-state index contributed by atoms with van der Waals surface area (Å²) >= 11 is 5.98. The number of benzene rings is 1. The van der Waals surface area contributed by atoms with E-state index in [4.69, 9.17) is 16.3 Å². The fraction of sp³-hybridized carbons (Fsp3) is 0.385. The van der Waals surface area contributed by atoms with Gasteiger partial charge >= 0.3 is 0 Å². The van der Waals surface area contributed by atoms with Crippen LogP contribution in [0, 0.1) is 0 Å². The zero-order valence-corrected chi connectivity index (χ0v) is 12.2. The molecule has 0 radical (unpaired) electrons. The summed E-state index contributed by atoms with van der Waals surface area (Å²) < 4.78 is 6.94. The normalized spacial score (nSPS) is 10.8. The number of aryl methyl sites for hydroxylation is 1. The zero-order chi connectivity index (χ0) is 14.5. The van der Waals surface area contributed by atoms with E-state index in [9.17, 15) is 5.11 Å². The summed E-state index contributed by atoms with van der Waals surface area (Å²) in [6.45, 7) is 1.22. The van der Waals surface area contributed by atoms with Crippen LogP contribution in [-0.2, 0) is 20.0 Å². The summed E-state index contributed by atoms with van der Waals surface area (Å²) in [5.41, 5.74) is 0.701. The van der Waals surface area contributed by atoms with Crippen LogP contribution < -0.4 is 10.1 Å². The topological polar surface area (TPSA) is 72.2 Å². The highest BCUT2D eigenvalue weighted by molar-refractivity contribution is 6.30. The van der Waals surface area contributed by atoms with Gasteiger partial charge in [-0.05, 0) is 6.07 Å². The van der Waals surface area contributed by atoms with Crippen LogP contribution in [0.25, 0.3) is 0 Å². The van der Waals surface area contributed by atoms with E-state index < -0.39 is 0 Å². The summed E-state index contributed by atoms with van der Waals surface area (Å²) in [4.78, 5) is 0. The fourth-order valence-corrected chi connectivity index (χ4v) is 2.11. The van der Waals surface area contributed by atoms with Gasteiger partial charge in [-0.2, -0.15) is 0 Å². The monoisotopic (exact) mass is 296 g/mol. The van der Waals surface area contributed by atoms with Gasteiger partial charge < -0.3 is 19.7 Å². The summed E-state index contributed by atoms with van der Waals surface area (Å²) in [6.07, 6.45) is 2.43. The van der Waals surface area contributed by atoms with Crippen molar-refractivity contribution in [3.63, 3.8) is 0 Å². The number of ether oxygens (including phenoxy) is 1. The molecule has 0 amide bonds. The van der Waals surface area contributed by atoms with E-state index in [1.165, 1.54) is 7.11 Å². The number of aromatic hydroxyl groups is 1. The van der Waals surface area contributed by atoms with Crippen LogP contribution in [0.15, 0.2) is 18.5 Å². The van der Waals surface area contributed by atoms with Crippen LogP contribution in [0.1, 0.15) is 11.4 Å². The minimum Gasteiger partial charge on any atom is -0.504 e. The summed E-state index contributed by atoms with van der Waals surface area (Å²) in [6, 6.07) is 3.30. The molecule has 0 aliphatic carbocycles. The number of rotatable bonds is 6. The van der Waals surface area contributed by atoms with Gasteiger partial charge in [0.25, 0.3) is 0 Å². The standard InChI is InChI=1S/C13H17ClN4O2/c1-18-8-16-17-12(18)3-4-15-7-9-5-10(14)6-11(20-2)13(9)19/h5-6,8,15,19H,3-4,7H2,1-2H3. The number of aromatic nitrogens is 3. The van der Waals surface area contributed by atoms with Crippen molar-refractivity contribution in [1.82, 2.24) is 20.1 Å². The number of methoxy groups -OCH3 is 1. The second-order valence-electron chi connectivity index (χ2n) is 4.40. The maximum atomic E-state index is 9.99. The number of phenolic OH excluding ortho intramolecular Hbond substituents is 1. The first kappa shape index (κ1) is 14.6. The lowest BCUT2D eigenvalue weighted by Crippen LogP contribution is -2.18. The van der Waals surface area contributed by atoms with Gasteiger partial charge in [0.1, 0.15) is 12.2 Å². The lowest BCUT2D eigenvalue weighted by Gasteiger charge is -2.10. The Bertz CT molecular complexity index is 586. The highest BCUT2D eigenvalue weighted by Crippen LogP contribution is 2.33. The Morgan fingerprint density at radius 3 is 2.90 bits per heavy atom. The Morgan fingerprint density at radius 1 is 1.45 bits per heavy atom. The molecule has 0 saturated carbocycles. The van der Waals surface area contributed by atoms with Crippen LogP contribution in [0.5, 0.6) is 11.5 Å². The van der Waals surface area contributed by atoms with Gasteiger partial charge in [0, 0.05) is 43.2 Å². The molecule has 2 aromatic rings. The molecular formula is C13H17ClN4O2. The third-order valence-electron chi connectivity index (χ3n) is 2.98. The van der Waals surface area contributed by atoms with Crippen LogP contribution in [0.3, 0.4) is 0 Å². The molecule has 7 heteroatoms. The Kier molecular flexibility index (Phi) is 4.81. The van der Waals surface area contributed by atoms with E-state index in [2.05, 4.69) is 15.5 Å². The minimum absolute atomic E-state index is 0.114. The van der Waals surface area contributed by atoms with Crippen LogP contribution >= 0.6 is 11.6 Å². The zero-order valence-electron chi connectivity index (χ0n) is 11.4. The molecule has 1 aromatic carbocycles. The minimum atomic E-state index is 0.114. The SMILES string of the molecule is COc1cc(Cl)cc(CNCCc2nncn2C)c1O. The molecule has 0 saturated heterocycles. The van der Waals surface area contributed by atoms with Crippen LogP contribution in [0.4, 0.5) is 0 Å². The lowest BCUT2D eigenvalue weighted by molar-refractivity contribution is 0.369. The average molecular weight is 297 g/mol. The molecule has 0 fully saturated rings. The van der Waals surface area contributed by atoms with Gasteiger partial charge in [0.2, 0.25) is 0 Å². The molecule has 108 valence electrons. The van der Waals surface area contributed by atoms with Crippen molar-refractivity contribution >= 4 is 11.6 Å². The molecule has 0 bridgehead atoms. The van der Waals surface area contributed by atoms with Gasteiger partial charge in [-0.15, -0.1) is 10.2 Å². The quantitative estimate of drug-likeness (QED) is 0.791. The summed E-state index contributed by atoms with van der Waals surface area (Å²) in [5, 5.41) is 21.6. The van der Waals surface area contributed by atoms with Crippen molar-refractivity contribution in [2.75, 3.05) is 13.7 Å². The predicted octanol–water partition coefficient (Wildman–Crippen LogP) is 1.51. The van der Waals surface area contributed by atoms with E-state index in [0.717, 1.165) is 18.8 Å². The van der Waals surface area contributed by atoms with E-state index in [1.54, 1.807) is 18.5 Å². The van der Waals surface area contributed by atoms with Crippen molar-refractivity contribution in [2.24, 2.45) is 7.05 Å². The van der Waals surface area contributed by atoms with Gasteiger partial charge in [-0.1, -0.05) is 11.6 Å². The maximum Gasteiger partial charge on any atom is 0.162 e. The second kappa shape index (κ2) is 6.58. The predicted molar refractivity (Wildman–Crippen MR) is 76.1 cm³/mol. The number of nitrogens with zero attached hydrogens (tertiary/aromatic N) is 3. The molecule has 0 aliphatic rings. The number of hydrogen-bond donors (Lipinski definition) is 2. The van der Waals surface area contributed by atoms with Gasteiger partial charge in [0.05, 0.1) is 7.11 Å². The molecule has 6 nitrogen and oxygen atoms in total. The Balaban J connectivity index is 1.91. The fourth-order valence-electron chi connectivity index (χ4n) is 1.88. The Hall–Kier alpha value is -1.79. The molecule has 2 rings (SSSR count). The largest absolute Gasteiger partial charge is 0.504 e. The van der Waals surface area contributed by atoms with Crippen molar-refractivity contribution < 1.29 is 9.84 Å². The van der Waals surface area contributed by atoms with Crippen molar-refractivity contribution in [2.45, 2.75) is 13.0 Å². The third-order valence-corrected chi connectivity index (χ3v) is 3.20. The molecule has 0 unspecified atom stereocenters. The molecule has 1 heterocycles. The molecule has 20 heavy (non-hydrogen) atoms. The van der Waals surface area contributed by atoms with E-state index in [-0.39, 0.29) is 5.75 Å². The van der Waals surface area contributed by atoms with Crippen LogP contribution in [-0.4, -0.2) is 33.5 Å². The average Bonchev–Trinajstić information content (AvgIpc) is 2.83. The smallest absolute Gasteiger partial charge is 0.162 e. The number of hydrogen-bond acceptors (Lipinski definition) is 5. The Morgan fingerprint density at radius 2 is 2.25 bits per heavy atom.